The first-order valence-electron chi connectivity index (χ1n) is 8.29. The van der Waals surface area contributed by atoms with Crippen molar-refractivity contribution in [1.29, 1.82) is 0 Å². The predicted molar refractivity (Wildman–Crippen MR) is 84.0 cm³/mol. The molecule has 1 atom stereocenters. The molecule has 0 bridgehead atoms. The lowest BCUT2D eigenvalue weighted by molar-refractivity contribution is -0.0921. The molecule has 1 rings (SSSR count). The van der Waals surface area contributed by atoms with Crippen LogP contribution in [0.5, 0.6) is 0 Å². The molecule has 0 spiro atoms. The van der Waals surface area contributed by atoms with Gasteiger partial charge < -0.3 is 18.9 Å². The average molecular weight is 305 g/mol. The monoisotopic (exact) mass is 304 g/mol. The second-order valence-corrected chi connectivity index (χ2v) is 7.36. The van der Waals surface area contributed by atoms with Gasteiger partial charge in [-0.2, -0.15) is 0 Å². The molecule has 0 aliphatic carbocycles. The van der Waals surface area contributed by atoms with Gasteiger partial charge in [-0.3, -0.25) is 0 Å². The van der Waals surface area contributed by atoms with Crippen LogP contribution in [0.15, 0.2) is 0 Å². The second-order valence-electron chi connectivity index (χ2n) is 5.40. The highest BCUT2D eigenvalue weighted by atomic mass is 28.2. The van der Waals surface area contributed by atoms with Gasteiger partial charge >= 0.3 is 0 Å². The van der Waals surface area contributed by atoms with E-state index in [1.807, 2.05) is 0 Å². The Kier molecular flexibility index (Phi) is 11.6. The van der Waals surface area contributed by atoms with Crippen molar-refractivity contribution in [2.45, 2.75) is 64.0 Å². The van der Waals surface area contributed by atoms with Crippen LogP contribution in [0, 0.1) is 0 Å². The van der Waals surface area contributed by atoms with Crippen LogP contribution < -0.4 is 0 Å². The summed E-state index contributed by atoms with van der Waals surface area (Å²) in [4.78, 5) is 0. The Balaban J connectivity index is 1.97. The van der Waals surface area contributed by atoms with Crippen LogP contribution >= 0.6 is 0 Å². The minimum absolute atomic E-state index is 0.111. The maximum Gasteiger partial charge on any atom is 0.134 e. The Hall–Kier alpha value is 0.0569. The zero-order valence-corrected chi connectivity index (χ0v) is 14.7. The maximum atomic E-state index is 5.86. The van der Waals surface area contributed by atoms with Gasteiger partial charge in [-0.1, -0.05) is 32.7 Å². The van der Waals surface area contributed by atoms with Crippen molar-refractivity contribution >= 4 is 9.52 Å². The Morgan fingerprint density at radius 1 is 1.05 bits per heavy atom. The van der Waals surface area contributed by atoms with Crippen LogP contribution in [0.4, 0.5) is 0 Å². The normalized spacial score (nSPS) is 18.4. The molecule has 1 aliphatic heterocycles. The van der Waals surface area contributed by atoms with Crippen LogP contribution in [0.2, 0.25) is 6.04 Å². The van der Waals surface area contributed by atoms with Gasteiger partial charge in [0.25, 0.3) is 0 Å². The molecule has 5 heteroatoms. The summed E-state index contributed by atoms with van der Waals surface area (Å²) in [6.45, 7) is 8.57. The molecule has 0 saturated carbocycles. The number of epoxide rings is 1. The van der Waals surface area contributed by atoms with Gasteiger partial charge in [0.05, 0.1) is 22.7 Å². The Bertz CT molecular complexity index is 202. The van der Waals surface area contributed by atoms with Crippen molar-refractivity contribution in [3.05, 3.63) is 0 Å². The van der Waals surface area contributed by atoms with Gasteiger partial charge in [-0.25, -0.2) is 0 Å². The molecule has 0 aromatic heterocycles. The third-order valence-corrected chi connectivity index (χ3v) is 5.14. The highest BCUT2D eigenvalue weighted by Gasteiger charge is 2.21. The number of rotatable bonds is 15. The molecule has 0 N–H and O–H groups in total. The smallest absolute Gasteiger partial charge is 0.134 e. The largest absolute Gasteiger partial charge is 0.379 e. The molecule has 0 amide bonds. The summed E-state index contributed by atoms with van der Waals surface area (Å²) < 4.78 is 22.4. The summed E-state index contributed by atoms with van der Waals surface area (Å²) in [7, 11) is -0.318. The molecular formula is C15H32O4Si. The van der Waals surface area contributed by atoms with E-state index in [-0.39, 0.29) is 15.4 Å². The van der Waals surface area contributed by atoms with E-state index in [4.69, 9.17) is 18.9 Å². The fourth-order valence-electron chi connectivity index (χ4n) is 1.83. The van der Waals surface area contributed by atoms with Gasteiger partial charge in [0.15, 0.2) is 0 Å². The predicted octanol–water partition coefficient (Wildman–Crippen LogP) is 2.30. The van der Waals surface area contributed by atoms with E-state index in [0.29, 0.717) is 6.10 Å². The summed E-state index contributed by atoms with van der Waals surface area (Å²) in [5.41, 5.74) is 0. The molecule has 0 aromatic carbocycles. The topological polar surface area (TPSA) is 40.2 Å². The van der Waals surface area contributed by atoms with E-state index < -0.39 is 0 Å². The van der Waals surface area contributed by atoms with Crippen molar-refractivity contribution in [3.8, 4) is 0 Å². The lowest BCUT2D eigenvalue weighted by Gasteiger charge is -2.18. The van der Waals surface area contributed by atoms with E-state index >= 15 is 0 Å². The summed E-state index contributed by atoms with van der Waals surface area (Å²) >= 11 is 0. The molecule has 0 aromatic rings. The van der Waals surface area contributed by atoms with Crippen LogP contribution in [-0.2, 0) is 18.9 Å². The van der Waals surface area contributed by atoms with Crippen LogP contribution in [0.3, 0.4) is 0 Å². The van der Waals surface area contributed by atoms with Gasteiger partial charge in [0, 0.05) is 19.8 Å². The molecular weight excluding hydrogens is 272 g/mol. The average Bonchev–Trinajstić information content (AvgIpc) is 3.26. The molecule has 1 saturated heterocycles. The molecule has 1 aliphatic rings. The Morgan fingerprint density at radius 3 is 2.25 bits per heavy atom. The number of ether oxygens (including phenoxy) is 4. The zero-order chi connectivity index (χ0) is 14.5. The molecule has 20 heavy (non-hydrogen) atoms. The lowest BCUT2D eigenvalue weighted by atomic mass is 10.4. The Morgan fingerprint density at radius 2 is 1.70 bits per heavy atom. The quantitative estimate of drug-likeness (QED) is 0.201. The summed E-state index contributed by atoms with van der Waals surface area (Å²) in [6.07, 6.45) is 6.14. The SMILES string of the molecule is CCCCOC(OCCCC)[SiH2]CCCOCC1CO1. The first-order valence-corrected chi connectivity index (χ1v) is 10.1. The van der Waals surface area contributed by atoms with E-state index in [1.54, 1.807) is 0 Å². The highest BCUT2D eigenvalue weighted by molar-refractivity contribution is 6.36. The maximum absolute atomic E-state index is 5.86. The number of unbranched alkanes of at least 4 members (excludes halogenated alkanes) is 2. The molecule has 4 nitrogen and oxygen atoms in total. The molecule has 120 valence electrons. The third-order valence-electron chi connectivity index (χ3n) is 3.29. The fraction of sp³-hybridized carbons (Fsp3) is 1.00. The van der Waals surface area contributed by atoms with E-state index in [0.717, 1.165) is 52.3 Å². The summed E-state index contributed by atoms with van der Waals surface area (Å²) in [5, 5.41) is 0. The molecule has 1 heterocycles. The fourth-order valence-corrected chi connectivity index (χ4v) is 3.32. The van der Waals surface area contributed by atoms with Gasteiger partial charge in [0.2, 0.25) is 0 Å². The van der Waals surface area contributed by atoms with Gasteiger partial charge in [-0.15, -0.1) is 0 Å². The summed E-state index contributed by atoms with van der Waals surface area (Å²) in [5.74, 6) is 0.111. The van der Waals surface area contributed by atoms with Crippen molar-refractivity contribution in [2.24, 2.45) is 0 Å². The first kappa shape index (κ1) is 18.1. The number of hydrogen-bond acceptors (Lipinski definition) is 4. The van der Waals surface area contributed by atoms with Crippen LogP contribution in [0.1, 0.15) is 46.0 Å². The minimum Gasteiger partial charge on any atom is -0.379 e. The second kappa shape index (κ2) is 12.8. The Labute approximate surface area is 126 Å². The van der Waals surface area contributed by atoms with E-state index in [9.17, 15) is 0 Å². The van der Waals surface area contributed by atoms with E-state index in [2.05, 4.69) is 13.8 Å². The zero-order valence-electron chi connectivity index (χ0n) is 13.3. The van der Waals surface area contributed by atoms with Crippen molar-refractivity contribution in [1.82, 2.24) is 0 Å². The van der Waals surface area contributed by atoms with Crippen LogP contribution in [0.25, 0.3) is 0 Å². The van der Waals surface area contributed by atoms with Gasteiger partial charge in [-0.05, 0) is 19.3 Å². The van der Waals surface area contributed by atoms with Crippen molar-refractivity contribution in [3.63, 3.8) is 0 Å². The molecule has 0 radical (unpaired) electrons. The molecule has 1 fully saturated rings. The van der Waals surface area contributed by atoms with E-state index in [1.165, 1.54) is 18.9 Å². The molecule has 1 unspecified atom stereocenters. The highest BCUT2D eigenvalue weighted by Crippen LogP contribution is 2.09. The number of hydrogen-bond donors (Lipinski definition) is 0. The van der Waals surface area contributed by atoms with Crippen molar-refractivity contribution in [2.75, 3.05) is 33.0 Å². The first-order chi connectivity index (χ1) is 9.86. The standard InChI is InChI=1S/C15H32O4Si/c1-3-5-9-17-15(18-10-6-4-2)20-11-7-8-16-12-14-13-19-14/h14-15H,3-13,20H2,1-2H3. The summed E-state index contributed by atoms with van der Waals surface area (Å²) in [6, 6.07) is 1.23. The van der Waals surface area contributed by atoms with Gasteiger partial charge in [0.1, 0.15) is 12.0 Å². The minimum atomic E-state index is -0.318. The van der Waals surface area contributed by atoms with Crippen molar-refractivity contribution < 1.29 is 18.9 Å². The van der Waals surface area contributed by atoms with Crippen LogP contribution in [-0.4, -0.2) is 54.6 Å². The third kappa shape index (κ3) is 10.8. The lowest BCUT2D eigenvalue weighted by Crippen LogP contribution is -2.26.